The molecule has 1 aliphatic rings. The van der Waals surface area contributed by atoms with E-state index >= 15 is 0 Å². The second-order valence-electron chi connectivity index (χ2n) is 4.57. The molecule has 10 nitrogen and oxygen atoms in total. The van der Waals surface area contributed by atoms with E-state index in [-0.39, 0.29) is 41.9 Å². The molecule has 5 unspecified atom stereocenters. The average molecular weight is 366 g/mol. The van der Waals surface area contributed by atoms with E-state index in [2.05, 4.69) is 0 Å². The van der Waals surface area contributed by atoms with E-state index in [1.54, 1.807) is 0 Å². The molecule has 0 spiro atoms. The van der Waals surface area contributed by atoms with Crippen LogP contribution in [0.3, 0.4) is 0 Å². The van der Waals surface area contributed by atoms with Gasteiger partial charge in [0.1, 0.15) is 37.3 Å². The Morgan fingerprint density at radius 3 is 2.30 bits per heavy atom. The minimum Gasteiger partial charge on any atom is -0.748 e. The van der Waals surface area contributed by atoms with Crippen molar-refractivity contribution >= 4 is 10.1 Å². The van der Waals surface area contributed by atoms with E-state index in [1.165, 1.54) is 20.5 Å². The Labute approximate surface area is 156 Å². The molecule has 130 valence electrons. The van der Waals surface area contributed by atoms with Crippen molar-refractivity contribution in [1.82, 2.24) is 0 Å². The maximum atomic E-state index is 10.8. The molecule has 1 heterocycles. The fourth-order valence-corrected chi connectivity index (χ4v) is 2.51. The standard InChI is InChI=1S/C11H20O10S.Na/c1-18-3-6(19-2)4-20-11-10(14)9(13)8(12)7(21-11)5-22(15,16)17;/h3,7-14H,4-5H2,1-2H3,(H,15,16,17);/q;+1/p-1. The summed E-state index contributed by atoms with van der Waals surface area (Å²) < 4.78 is 52.1. The molecule has 5 atom stereocenters. The molecule has 0 saturated carbocycles. The van der Waals surface area contributed by atoms with Gasteiger partial charge in [0.25, 0.3) is 0 Å². The number of aliphatic hydroxyl groups is 3. The van der Waals surface area contributed by atoms with Gasteiger partial charge in [0.05, 0.1) is 30.1 Å². The maximum absolute atomic E-state index is 10.8. The van der Waals surface area contributed by atoms with Crippen molar-refractivity contribution in [3.63, 3.8) is 0 Å². The molecule has 23 heavy (non-hydrogen) atoms. The van der Waals surface area contributed by atoms with E-state index in [9.17, 15) is 28.3 Å². The number of ether oxygens (including phenoxy) is 4. The molecule has 0 aromatic rings. The molecule has 12 heteroatoms. The maximum Gasteiger partial charge on any atom is 1.00 e. The molecular formula is C11H19NaO10S. The summed E-state index contributed by atoms with van der Waals surface area (Å²) >= 11 is 0. The van der Waals surface area contributed by atoms with Crippen molar-refractivity contribution < 1.29 is 76.8 Å². The van der Waals surface area contributed by atoms with Gasteiger partial charge in [-0.15, -0.1) is 0 Å². The van der Waals surface area contributed by atoms with Crippen LogP contribution in [0.4, 0.5) is 0 Å². The molecule has 1 aliphatic heterocycles. The van der Waals surface area contributed by atoms with Crippen molar-refractivity contribution in [1.29, 1.82) is 0 Å². The van der Waals surface area contributed by atoms with Crippen molar-refractivity contribution in [3.8, 4) is 0 Å². The van der Waals surface area contributed by atoms with Gasteiger partial charge < -0.3 is 38.8 Å². The fourth-order valence-electron chi connectivity index (χ4n) is 1.83. The Morgan fingerprint density at radius 2 is 1.83 bits per heavy atom. The second kappa shape index (κ2) is 10.1. The van der Waals surface area contributed by atoms with Gasteiger partial charge in [-0.25, -0.2) is 8.42 Å². The first-order chi connectivity index (χ1) is 10.2. The molecule has 1 fully saturated rings. The first kappa shape index (κ1) is 23.1. The Kier molecular flexibility index (Phi) is 10.2. The summed E-state index contributed by atoms with van der Waals surface area (Å²) in [5, 5.41) is 29.1. The van der Waals surface area contributed by atoms with Crippen LogP contribution in [0.1, 0.15) is 0 Å². The normalized spacial score (nSPS) is 32.1. The second-order valence-corrected chi connectivity index (χ2v) is 6.02. The zero-order valence-electron chi connectivity index (χ0n) is 13.0. The number of aliphatic hydroxyl groups excluding tert-OH is 3. The van der Waals surface area contributed by atoms with E-state index in [1.807, 2.05) is 0 Å². The number of hydrogen-bond donors (Lipinski definition) is 3. The van der Waals surface area contributed by atoms with E-state index in [0.29, 0.717) is 0 Å². The van der Waals surface area contributed by atoms with Crippen LogP contribution in [0, 0.1) is 0 Å². The van der Waals surface area contributed by atoms with Crippen LogP contribution in [-0.4, -0.2) is 85.6 Å². The monoisotopic (exact) mass is 366 g/mol. The van der Waals surface area contributed by atoms with Crippen LogP contribution in [-0.2, 0) is 29.1 Å². The Balaban J connectivity index is 0.00000484. The predicted octanol–water partition coefficient (Wildman–Crippen LogP) is -5.51. The summed E-state index contributed by atoms with van der Waals surface area (Å²) in [6.45, 7) is -0.217. The zero-order chi connectivity index (χ0) is 16.9. The molecule has 0 bridgehead atoms. The molecule has 0 radical (unpaired) electrons. The summed E-state index contributed by atoms with van der Waals surface area (Å²) in [4.78, 5) is 0. The molecule has 3 N–H and O–H groups in total. The van der Waals surface area contributed by atoms with Crippen LogP contribution in [0.25, 0.3) is 0 Å². The van der Waals surface area contributed by atoms with Crippen molar-refractivity contribution in [2.45, 2.75) is 30.7 Å². The van der Waals surface area contributed by atoms with E-state index < -0.39 is 46.6 Å². The molecule has 0 aromatic heterocycles. The number of rotatable bonds is 7. The third kappa shape index (κ3) is 7.22. The van der Waals surface area contributed by atoms with Crippen LogP contribution in [0.2, 0.25) is 0 Å². The van der Waals surface area contributed by atoms with Crippen molar-refractivity contribution in [2.24, 2.45) is 0 Å². The van der Waals surface area contributed by atoms with Gasteiger partial charge in [-0.2, -0.15) is 0 Å². The van der Waals surface area contributed by atoms with E-state index in [0.717, 1.165) is 0 Å². The number of methoxy groups -OCH3 is 2. The number of hydrogen-bond acceptors (Lipinski definition) is 10. The van der Waals surface area contributed by atoms with Gasteiger partial charge in [-0.1, -0.05) is 0 Å². The largest absolute Gasteiger partial charge is 1.00 e. The molecule has 0 amide bonds. The zero-order valence-corrected chi connectivity index (χ0v) is 15.8. The molecule has 0 aliphatic carbocycles. The van der Waals surface area contributed by atoms with Crippen molar-refractivity contribution in [3.05, 3.63) is 12.0 Å². The third-order valence-electron chi connectivity index (χ3n) is 2.94. The predicted molar refractivity (Wildman–Crippen MR) is 69.3 cm³/mol. The Morgan fingerprint density at radius 1 is 1.22 bits per heavy atom. The van der Waals surface area contributed by atoms with Gasteiger partial charge in [0.2, 0.25) is 0 Å². The summed E-state index contributed by atoms with van der Waals surface area (Å²) in [6.07, 6.45) is -6.87. The molecule has 1 rings (SSSR count). The van der Waals surface area contributed by atoms with Crippen molar-refractivity contribution in [2.75, 3.05) is 26.6 Å². The summed E-state index contributed by atoms with van der Waals surface area (Å²) in [5.41, 5.74) is 0. The smallest absolute Gasteiger partial charge is 0.748 e. The van der Waals surface area contributed by atoms with Gasteiger partial charge in [-0.3, -0.25) is 0 Å². The van der Waals surface area contributed by atoms with Gasteiger partial charge in [0.15, 0.2) is 12.0 Å². The van der Waals surface area contributed by atoms with Gasteiger partial charge in [0, 0.05) is 0 Å². The quantitative estimate of drug-likeness (QED) is 0.226. The fraction of sp³-hybridized carbons (Fsp3) is 0.818. The van der Waals surface area contributed by atoms with Crippen LogP contribution in [0.15, 0.2) is 12.0 Å². The van der Waals surface area contributed by atoms with Gasteiger partial charge in [-0.05, 0) is 0 Å². The minimum atomic E-state index is -4.70. The van der Waals surface area contributed by atoms with Crippen LogP contribution < -0.4 is 29.6 Å². The van der Waals surface area contributed by atoms with Crippen LogP contribution >= 0.6 is 0 Å². The molecule has 1 saturated heterocycles. The topological polar surface area (TPSA) is 155 Å². The summed E-state index contributed by atoms with van der Waals surface area (Å²) in [5.74, 6) is -0.838. The Hall–Kier alpha value is 0.0500. The van der Waals surface area contributed by atoms with Gasteiger partial charge >= 0.3 is 29.6 Å². The third-order valence-corrected chi connectivity index (χ3v) is 3.68. The molecular weight excluding hydrogens is 347 g/mol. The summed E-state index contributed by atoms with van der Waals surface area (Å²) in [7, 11) is -1.98. The first-order valence-corrected chi connectivity index (χ1v) is 7.78. The minimum absolute atomic E-state index is 0. The van der Waals surface area contributed by atoms with E-state index in [4.69, 9.17) is 18.9 Å². The molecule has 0 aromatic carbocycles. The first-order valence-electron chi connectivity index (χ1n) is 6.20. The average Bonchev–Trinajstić information content (AvgIpc) is 2.43. The summed E-state index contributed by atoms with van der Waals surface area (Å²) in [6, 6.07) is 0. The Bertz CT molecular complexity index is 481. The SMILES string of the molecule is COC=C(COC1OC(CS(=O)(=O)[O-])C(O)C(O)C1O)OC.[Na+]. The van der Waals surface area contributed by atoms with Crippen LogP contribution in [0.5, 0.6) is 0 Å².